The number of para-hydroxylation sites is 1. The maximum Gasteiger partial charge on any atom is 0.153 e. The van der Waals surface area contributed by atoms with E-state index in [1.165, 1.54) is 38.7 Å². The molecule has 3 aromatic carbocycles. The van der Waals surface area contributed by atoms with E-state index in [4.69, 9.17) is 0 Å². The maximum absolute atomic E-state index is 12.3. The summed E-state index contributed by atoms with van der Waals surface area (Å²) in [5.41, 5.74) is 11.6. The molecule has 5 rings (SSSR count). The molecule has 0 radical (unpaired) electrons. The number of hydrogen-bond donors (Lipinski definition) is 0. The van der Waals surface area contributed by atoms with Crippen molar-refractivity contribution in [3.8, 4) is 0 Å². The Kier molecular flexibility index (Phi) is 4.51. The predicted octanol–water partition coefficient (Wildman–Crippen LogP) is 6.74. The smallest absolute Gasteiger partial charge is 0.153 e. The van der Waals surface area contributed by atoms with Gasteiger partial charge in [-0.2, -0.15) is 0 Å². The highest BCUT2D eigenvalue weighted by Gasteiger charge is 2.33. The van der Waals surface area contributed by atoms with Gasteiger partial charge < -0.3 is 4.57 Å². The molecule has 0 unspecified atom stereocenters. The van der Waals surface area contributed by atoms with Crippen LogP contribution in [0.2, 0.25) is 0 Å². The second-order valence-corrected chi connectivity index (χ2v) is 8.45. The topological polar surface area (TPSA) is 22.0 Å². The van der Waals surface area contributed by atoms with Crippen molar-refractivity contribution in [2.75, 3.05) is 0 Å². The molecule has 0 N–H and O–H groups in total. The highest BCUT2D eigenvalue weighted by Crippen LogP contribution is 2.52. The lowest BCUT2D eigenvalue weighted by molar-refractivity contribution is -0.112. The molecular formula is C29H25NO. The van der Waals surface area contributed by atoms with Gasteiger partial charge in [0, 0.05) is 34.7 Å². The Morgan fingerprint density at radius 3 is 1.90 bits per heavy atom. The normalized spacial score (nSPS) is 14.5. The molecule has 0 aliphatic heterocycles. The summed E-state index contributed by atoms with van der Waals surface area (Å²) in [6.07, 6.45) is 1.80. The average Bonchev–Trinajstić information content (AvgIpc) is 3.23. The second-order valence-electron chi connectivity index (χ2n) is 8.45. The molecule has 0 atom stereocenters. The minimum Gasteiger partial charge on any atom is -0.343 e. The first-order valence-corrected chi connectivity index (χ1v) is 10.6. The van der Waals surface area contributed by atoms with Crippen LogP contribution in [-0.4, -0.2) is 10.4 Å². The van der Waals surface area contributed by atoms with Crippen molar-refractivity contribution in [1.82, 2.24) is 4.57 Å². The minimum atomic E-state index is 0.0565. The molecule has 1 aliphatic carbocycles. The van der Waals surface area contributed by atoms with Crippen LogP contribution < -0.4 is 0 Å². The average molecular weight is 404 g/mol. The highest BCUT2D eigenvalue weighted by atomic mass is 16.1. The van der Waals surface area contributed by atoms with Crippen molar-refractivity contribution in [1.29, 1.82) is 0 Å². The van der Waals surface area contributed by atoms with Crippen molar-refractivity contribution in [3.63, 3.8) is 0 Å². The third-order valence-corrected chi connectivity index (χ3v) is 6.16. The lowest BCUT2D eigenvalue weighted by atomic mass is 9.91. The van der Waals surface area contributed by atoms with Crippen molar-refractivity contribution < 1.29 is 4.79 Å². The van der Waals surface area contributed by atoms with E-state index in [0.29, 0.717) is 0 Å². The summed E-state index contributed by atoms with van der Waals surface area (Å²) in [6, 6.07) is 25.8. The van der Waals surface area contributed by atoms with Gasteiger partial charge in [0.25, 0.3) is 0 Å². The molecule has 152 valence electrons. The van der Waals surface area contributed by atoms with Crippen LogP contribution >= 0.6 is 0 Å². The highest BCUT2D eigenvalue weighted by molar-refractivity contribution is 6.29. The number of carbonyl (C=O) groups excluding carboxylic acids is 1. The largest absolute Gasteiger partial charge is 0.343 e. The van der Waals surface area contributed by atoms with E-state index in [0.717, 1.165) is 22.4 Å². The van der Waals surface area contributed by atoms with E-state index < -0.39 is 0 Å². The van der Waals surface area contributed by atoms with Crippen LogP contribution in [0.25, 0.3) is 27.6 Å². The molecule has 0 saturated heterocycles. The molecule has 1 aromatic heterocycles. The van der Waals surface area contributed by atoms with Crippen LogP contribution in [0.5, 0.6) is 0 Å². The predicted molar refractivity (Wildman–Crippen MR) is 130 cm³/mol. The molecule has 0 fully saturated rings. The van der Waals surface area contributed by atoms with Crippen LogP contribution in [-0.2, 0) is 11.8 Å². The molecule has 0 bridgehead atoms. The van der Waals surface area contributed by atoms with E-state index in [2.05, 4.69) is 98.3 Å². The zero-order valence-electron chi connectivity index (χ0n) is 18.4. The van der Waals surface area contributed by atoms with E-state index in [9.17, 15) is 4.79 Å². The van der Waals surface area contributed by atoms with Gasteiger partial charge in [-0.1, -0.05) is 77.9 Å². The van der Waals surface area contributed by atoms with E-state index >= 15 is 0 Å². The Bertz CT molecular complexity index is 1390. The van der Waals surface area contributed by atoms with Crippen molar-refractivity contribution >= 4 is 33.4 Å². The number of ketones is 1. The molecule has 4 aromatic rings. The molecule has 2 heteroatoms. The lowest BCUT2D eigenvalue weighted by Crippen LogP contribution is -1.98. The molecular weight excluding hydrogens is 378 g/mol. The summed E-state index contributed by atoms with van der Waals surface area (Å²) in [4.78, 5) is 12.3. The first kappa shape index (κ1) is 19.3. The molecule has 2 nitrogen and oxygen atoms in total. The van der Waals surface area contributed by atoms with Gasteiger partial charge in [-0.25, -0.2) is 0 Å². The van der Waals surface area contributed by atoms with E-state index in [-0.39, 0.29) is 5.78 Å². The first-order valence-electron chi connectivity index (χ1n) is 10.6. The van der Waals surface area contributed by atoms with Gasteiger partial charge in [-0.15, -0.1) is 0 Å². The summed E-state index contributed by atoms with van der Waals surface area (Å²) in [5, 5.41) is 1.21. The number of aromatic nitrogens is 1. The third-order valence-electron chi connectivity index (χ3n) is 6.16. The van der Waals surface area contributed by atoms with Crippen LogP contribution in [0, 0.1) is 13.8 Å². The molecule has 0 saturated carbocycles. The zero-order valence-corrected chi connectivity index (χ0v) is 18.4. The summed E-state index contributed by atoms with van der Waals surface area (Å²) in [7, 11) is 2.10. The van der Waals surface area contributed by atoms with Crippen LogP contribution in [0.1, 0.15) is 40.4 Å². The Labute approximate surface area is 183 Å². The molecule has 0 amide bonds. The SMILES string of the molecule is CC(=O)/C=C1/C(c2ccc(C)cc2)=C(c2ccc(C)cc2)c2c1n(C)c1ccccc21. The summed E-state index contributed by atoms with van der Waals surface area (Å²) in [5.74, 6) is 0.0565. The number of rotatable bonds is 3. The molecule has 1 aliphatic rings. The van der Waals surface area contributed by atoms with Gasteiger partial charge in [-0.3, -0.25) is 4.79 Å². The van der Waals surface area contributed by atoms with Crippen LogP contribution in [0.4, 0.5) is 0 Å². The Balaban J connectivity index is 1.95. The van der Waals surface area contributed by atoms with Gasteiger partial charge in [0.15, 0.2) is 5.78 Å². The number of fused-ring (bicyclic) bond motifs is 3. The van der Waals surface area contributed by atoms with Gasteiger partial charge in [0.2, 0.25) is 0 Å². The number of aryl methyl sites for hydroxylation is 3. The quantitative estimate of drug-likeness (QED) is 0.347. The van der Waals surface area contributed by atoms with Crippen molar-refractivity contribution in [3.05, 3.63) is 112 Å². The monoisotopic (exact) mass is 403 g/mol. The summed E-state index contributed by atoms with van der Waals surface area (Å²) in [6.45, 7) is 5.84. The summed E-state index contributed by atoms with van der Waals surface area (Å²) < 4.78 is 2.23. The van der Waals surface area contributed by atoms with Crippen molar-refractivity contribution in [2.45, 2.75) is 20.8 Å². The van der Waals surface area contributed by atoms with Gasteiger partial charge in [0.05, 0.1) is 5.69 Å². The third kappa shape index (κ3) is 3.07. The molecule has 31 heavy (non-hydrogen) atoms. The number of carbonyl (C=O) groups is 1. The van der Waals surface area contributed by atoms with Gasteiger partial charge in [0.1, 0.15) is 0 Å². The standard InChI is InChI=1S/C29H25NO/c1-18-9-13-21(14-10-18)26-24(17-20(3)31)29-28(23-7-5-6-8-25(23)30(29)4)27(26)22-15-11-19(2)12-16-22/h5-17H,1-4H3/b24-17-. The fourth-order valence-corrected chi connectivity index (χ4v) is 4.71. The zero-order chi connectivity index (χ0) is 21.7. The second kappa shape index (κ2) is 7.24. The maximum atomic E-state index is 12.3. The summed E-state index contributed by atoms with van der Waals surface area (Å²) >= 11 is 0. The Morgan fingerprint density at radius 1 is 0.774 bits per heavy atom. The fraction of sp³-hybridized carbons (Fsp3) is 0.138. The molecule has 0 spiro atoms. The fourth-order valence-electron chi connectivity index (χ4n) is 4.71. The van der Waals surface area contributed by atoms with Crippen LogP contribution in [0.15, 0.2) is 78.9 Å². The van der Waals surface area contributed by atoms with Crippen molar-refractivity contribution in [2.24, 2.45) is 7.05 Å². The minimum absolute atomic E-state index is 0.0565. The van der Waals surface area contributed by atoms with E-state index in [1.807, 2.05) is 0 Å². The number of benzene rings is 3. The number of nitrogens with zero attached hydrogens (tertiary/aromatic N) is 1. The number of allylic oxidation sites excluding steroid dienone is 3. The Morgan fingerprint density at radius 2 is 1.32 bits per heavy atom. The van der Waals surface area contributed by atoms with Gasteiger partial charge in [-0.05, 0) is 49.6 Å². The number of hydrogen-bond acceptors (Lipinski definition) is 1. The Hall–Kier alpha value is -3.65. The lowest BCUT2D eigenvalue weighted by Gasteiger charge is -2.13. The van der Waals surface area contributed by atoms with Crippen LogP contribution in [0.3, 0.4) is 0 Å². The first-order chi connectivity index (χ1) is 15.0. The van der Waals surface area contributed by atoms with E-state index in [1.54, 1.807) is 13.0 Å². The van der Waals surface area contributed by atoms with Gasteiger partial charge >= 0.3 is 0 Å². The molecule has 1 heterocycles.